The highest BCUT2D eigenvalue weighted by Crippen LogP contribution is 2.76. The minimum absolute atomic E-state index is 0.0439. The summed E-state index contributed by atoms with van der Waals surface area (Å²) in [5.74, 6) is -4.56. The Morgan fingerprint density at radius 3 is 1.73 bits per heavy atom. The van der Waals surface area contributed by atoms with Crippen LogP contribution in [0.4, 0.5) is 0 Å². The van der Waals surface area contributed by atoms with Crippen LogP contribution in [-0.2, 0) is 71.3 Å². The topological polar surface area (TPSA) is 413 Å². The third kappa shape index (κ3) is 12.3. The Labute approximate surface area is 535 Å². The molecule has 522 valence electrons. The molecule has 0 aromatic heterocycles. The molecule has 27 heteroatoms. The average molecular weight is 1310 g/mol. The Bertz CT molecular complexity index is 2790. The molecule has 0 unspecified atom stereocenters. The first-order chi connectivity index (χ1) is 42.9. The summed E-state index contributed by atoms with van der Waals surface area (Å²) < 4.78 is 67.2. The number of aliphatic hydroxyl groups excluding tert-OH is 11. The van der Waals surface area contributed by atoms with E-state index in [1.165, 1.54) is 19.9 Å². The normalized spacial score (nSPS) is 48.4. The van der Waals surface area contributed by atoms with E-state index >= 15 is 0 Å². The van der Waals surface area contributed by atoms with Crippen LogP contribution in [0.3, 0.4) is 0 Å². The molecule has 0 aromatic carbocycles. The lowest BCUT2D eigenvalue weighted by Crippen LogP contribution is -2.72. The van der Waals surface area contributed by atoms with E-state index in [1.54, 1.807) is 33.8 Å². The van der Waals surface area contributed by atoms with E-state index in [0.29, 0.717) is 32.1 Å². The van der Waals surface area contributed by atoms with Crippen LogP contribution >= 0.6 is 0 Å². The molecule has 0 amide bonds. The number of carboxylic acids is 1. The highest BCUT2D eigenvalue weighted by atomic mass is 16.8. The second-order valence-electron chi connectivity index (χ2n) is 29.4. The molecule has 0 aromatic rings. The van der Waals surface area contributed by atoms with Gasteiger partial charge in [-0.2, -0.15) is 0 Å². The SMILES string of the molecule is C/C=C(/C)C(=O)O[C@@H]1[C@@H](OC(=O)/C(C)=C\C)[C@@H](O)[C@H](O[C@H]2[C@H](O)[C@]3(COC(C)=O)[C@H](O)C[C@]4(C)C(=CC[C@@H]5[C@@]6(C)CC[C@H](O[C@@H]7O[C@H](C(=O)O)[C@@H](O)[C@H](O[C@@H]8O[C@@H](CO)[C@H](O)[C@H]8O)[C@H]7O[C@@H]7O[C@H](CO)[C@H](O)[C@H](O)[C@H]7O)C(C)(C)[C@@H]6CC[C@]54C)[C@@H]3CC2(C)C)O[C@H]1C. The zero-order valence-corrected chi connectivity index (χ0v) is 54.8. The first-order valence-electron chi connectivity index (χ1n) is 32.3. The number of rotatable bonds is 17. The highest BCUT2D eigenvalue weighted by molar-refractivity contribution is 5.88. The first kappa shape index (κ1) is 72.6. The number of fused-ring (bicyclic) bond motifs is 7. The lowest BCUT2D eigenvalue weighted by molar-refractivity contribution is -0.386. The molecule has 4 saturated carbocycles. The van der Waals surface area contributed by atoms with Gasteiger partial charge in [0.1, 0.15) is 73.8 Å². The van der Waals surface area contributed by atoms with Gasteiger partial charge in [-0.1, -0.05) is 72.3 Å². The highest BCUT2D eigenvalue weighted by Gasteiger charge is 2.74. The average Bonchev–Trinajstić information content (AvgIpc) is 0.722. The van der Waals surface area contributed by atoms with Crippen LogP contribution in [0, 0.1) is 50.2 Å². The van der Waals surface area contributed by atoms with Crippen LogP contribution in [0.1, 0.15) is 135 Å². The lowest BCUT2D eigenvalue weighted by Gasteiger charge is -2.72. The van der Waals surface area contributed by atoms with E-state index in [4.69, 9.17) is 52.1 Å². The van der Waals surface area contributed by atoms with Gasteiger partial charge in [0.05, 0.1) is 49.1 Å². The number of allylic oxidation sites excluding steroid dienone is 4. The van der Waals surface area contributed by atoms with Crippen LogP contribution in [0.2, 0.25) is 0 Å². The number of esters is 3. The van der Waals surface area contributed by atoms with Crippen LogP contribution in [-0.4, -0.2) is 246 Å². The largest absolute Gasteiger partial charge is 0.479 e. The molecule has 4 saturated heterocycles. The van der Waals surface area contributed by atoms with Gasteiger partial charge in [0.15, 0.2) is 43.5 Å². The maximum absolute atomic E-state index is 13.4. The van der Waals surface area contributed by atoms with Crippen molar-refractivity contribution < 1.29 is 133 Å². The summed E-state index contributed by atoms with van der Waals surface area (Å²) in [6, 6.07) is 0. The Morgan fingerprint density at radius 2 is 1.16 bits per heavy atom. The molecule has 0 spiro atoms. The van der Waals surface area contributed by atoms with E-state index in [-0.39, 0.29) is 35.8 Å². The predicted molar refractivity (Wildman–Crippen MR) is 316 cm³/mol. The summed E-state index contributed by atoms with van der Waals surface area (Å²) in [5, 5.41) is 135. The van der Waals surface area contributed by atoms with E-state index in [1.807, 2.05) is 27.7 Å². The molecule has 8 fully saturated rings. The Morgan fingerprint density at radius 1 is 0.609 bits per heavy atom. The van der Waals surface area contributed by atoms with Crippen molar-refractivity contribution in [3.05, 3.63) is 34.9 Å². The Kier molecular flexibility index (Phi) is 21.3. The number of hydrogen-bond donors (Lipinski definition) is 12. The second kappa shape index (κ2) is 27.0. The molecule has 5 aliphatic carbocycles. The summed E-state index contributed by atoms with van der Waals surface area (Å²) in [4.78, 5) is 52.4. The first-order valence-corrected chi connectivity index (χ1v) is 32.3. The summed E-state index contributed by atoms with van der Waals surface area (Å²) in [6.07, 6.45) is -29.1. The maximum Gasteiger partial charge on any atom is 0.335 e. The van der Waals surface area contributed by atoms with Crippen LogP contribution in [0.15, 0.2) is 34.9 Å². The van der Waals surface area contributed by atoms with Crippen molar-refractivity contribution in [2.75, 3.05) is 19.8 Å². The molecular formula is C65H100O27. The van der Waals surface area contributed by atoms with Gasteiger partial charge < -0.3 is 113 Å². The number of carboxylic acid groups (broad SMARTS) is 1. The zero-order chi connectivity index (χ0) is 68.0. The second-order valence-corrected chi connectivity index (χ2v) is 29.4. The number of hydrogen-bond acceptors (Lipinski definition) is 26. The van der Waals surface area contributed by atoms with E-state index < -0.39 is 223 Å². The van der Waals surface area contributed by atoms with Crippen LogP contribution in [0.5, 0.6) is 0 Å². The van der Waals surface area contributed by atoms with Gasteiger partial charge in [-0.05, 0) is 124 Å². The van der Waals surface area contributed by atoms with Gasteiger partial charge in [0.25, 0.3) is 0 Å². The minimum atomic E-state index is -2.13. The summed E-state index contributed by atoms with van der Waals surface area (Å²) in [6.45, 7) is 21.8. The summed E-state index contributed by atoms with van der Waals surface area (Å²) in [7, 11) is 0. The van der Waals surface area contributed by atoms with Gasteiger partial charge in [-0.3, -0.25) is 4.79 Å². The molecule has 0 bridgehead atoms. The molecule has 9 rings (SSSR count). The van der Waals surface area contributed by atoms with Gasteiger partial charge in [0, 0.05) is 18.1 Å². The maximum atomic E-state index is 13.4. The number of carbonyl (C=O) groups is 4. The van der Waals surface area contributed by atoms with Crippen molar-refractivity contribution in [2.45, 2.75) is 276 Å². The molecule has 27 nitrogen and oxygen atoms in total. The fourth-order valence-electron chi connectivity index (χ4n) is 17.8. The predicted octanol–water partition coefficient (Wildman–Crippen LogP) is 0.715. The number of aliphatic hydroxyl groups is 11. The van der Waals surface area contributed by atoms with Crippen molar-refractivity contribution in [2.24, 2.45) is 50.2 Å². The molecule has 0 radical (unpaired) electrons. The third-order valence-corrected chi connectivity index (χ3v) is 23.6. The van der Waals surface area contributed by atoms with Gasteiger partial charge in [-0.15, -0.1) is 0 Å². The van der Waals surface area contributed by atoms with E-state index in [2.05, 4.69) is 26.8 Å². The number of aliphatic carboxylic acids is 1. The fraction of sp³-hybridized carbons (Fsp3) is 0.846. The molecule has 12 N–H and O–H groups in total. The van der Waals surface area contributed by atoms with Gasteiger partial charge in [0.2, 0.25) is 0 Å². The van der Waals surface area contributed by atoms with Gasteiger partial charge in [-0.25, -0.2) is 14.4 Å². The molecule has 92 heavy (non-hydrogen) atoms. The zero-order valence-electron chi connectivity index (χ0n) is 54.8. The van der Waals surface area contributed by atoms with Crippen LogP contribution in [0.25, 0.3) is 0 Å². The Balaban J connectivity index is 1.01. The molecule has 30 atom stereocenters. The minimum Gasteiger partial charge on any atom is -0.479 e. The summed E-state index contributed by atoms with van der Waals surface area (Å²) >= 11 is 0. The van der Waals surface area contributed by atoms with Crippen LogP contribution < -0.4 is 0 Å². The van der Waals surface area contributed by atoms with Crippen molar-refractivity contribution >= 4 is 23.9 Å². The number of ether oxygens (including phenoxy) is 11. The van der Waals surface area contributed by atoms with Crippen molar-refractivity contribution in [1.82, 2.24) is 0 Å². The van der Waals surface area contributed by atoms with Crippen molar-refractivity contribution in [3.63, 3.8) is 0 Å². The summed E-state index contributed by atoms with van der Waals surface area (Å²) in [5.41, 5.74) is -3.54. The Hall–Kier alpha value is -3.66. The molecule has 4 heterocycles. The molecule has 4 aliphatic heterocycles. The van der Waals surface area contributed by atoms with E-state index in [9.17, 15) is 80.5 Å². The smallest absolute Gasteiger partial charge is 0.335 e. The standard InChI is InChI=1S/C65H100O27/c1-14-27(3)54(80)87-46-29(5)83-58(45(76)48(46)88-55(81)28(4)15-2)92-52-51(77)65(26-82-30(6)68)32(22-60(52,7)8)31-16-17-36-62(11)20-19-38(61(9,10)35(62)18-21-63(36,12)64(31,13)23-37(65)69)86-59-50(91-57-43(74)41(72)39(70)33(24-66)84-57)47(44(75)49(90-59)53(78)79)89-56-42(73)40(71)34(25-67)85-56/h14-16,29,32-52,56-59,66-67,69-77H,17-26H2,1-13H3,(H,78,79)/b27-14-,28-15-/t29-,32-,33+,34-,35-,36+,37+,38-,39-,40-,41-,42+,43+,44-,45+,46-,47-,48-,49-,50+,51-,52-,56-,57-,58-,59+,62-,63+,64+,65-/m0/s1. The quantitative estimate of drug-likeness (QED) is 0.0314. The lowest BCUT2D eigenvalue weighted by atomic mass is 9.33. The fourth-order valence-corrected chi connectivity index (χ4v) is 17.8. The van der Waals surface area contributed by atoms with E-state index in [0.717, 1.165) is 5.57 Å². The molecule has 9 aliphatic rings. The van der Waals surface area contributed by atoms with Crippen molar-refractivity contribution in [1.29, 1.82) is 0 Å². The van der Waals surface area contributed by atoms with Crippen molar-refractivity contribution in [3.8, 4) is 0 Å². The number of carbonyl (C=O) groups excluding carboxylic acids is 3. The monoisotopic (exact) mass is 1310 g/mol. The third-order valence-electron chi connectivity index (χ3n) is 23.6. The molecular weight excluding hydrogens is 1210 g/mol. The van der Waals surface area contributed by atoms with Gasteiger partial charge >= 0.3 is 23.9 Å².